The van der Waals surface area contributed by atoms with Gasteiger partial charge in [-0.15, -0.1) is 31.4 Å². The number of hydrogen-bond acceptors (Lipinski definition) is 3. The molecule has 1 aliphatic heterocycles. The smallest absolute Gasteiger partial charge is 0.165 e. The molecular formula is C15H23Cl2FN2O. The van der Waals surface area contributed by atoms with Gasteiger partial charge in [0.25, 0.3) is 0 Å². The maximum Gasteiger partial charge on any atom is 0.165 e. The maximum absolute atomic E-state index is 13.6. The molecular weight excluding hydrogens is 314 g/mol. The van der Waals surface area contributed by atoms with Crippen molar-refractivity contribution in [3.05, 3.63) is 41.7 Å². The summed E-state index contributed by atoms with van der Waals surface area (Å²) in [7, 11) is 0. The molecule has 1 aromatic carbocycles. The summed E-state index contributed by atoms with van der Waals surface area (Å²) in [5, 5.41) is 13.4. The summed E-state index contributed by atoms with van der Waals surface area (Å²) in [5.74, 6) is -0.768. The molecule has 120 valence electrons. The van der Waals surface area contributed by atoms with Crippen LogP contribution in [0.3, 0.4) is 0 Å². The fourth-order valence-corrected chi connectivity index (χ4v) is 2.70. The first-order valence-electron chi connectivity index (χ1n) is 6.68. The van der Waals surface area contributed by atoms with Gasteiger partial charge in [0, 0.05) is 37.8 Å². The molecule has 1 atom stereocenters. The topological polar surface area (TPSA) is 35.5 Å². The van der Waals surface area contributed by atoms with Crippen LogP contribution in [0.1, 0.15) is 23.6 Å². The van der Waals surface area contributed by atoms with E-state index in [9.17, 15) is 9.50 Å². The van der Waals surface area contributed by atoms with Gasteiger partial charge in [-0.1, -0.05) is 12.1 Å². The minimum atomic E-state index is -0.551. The Morgan fingerprint density at radius 2 is 2.00 bits per heavy atom. The zero-order valence-corrected chi connectivity index (χ0v) is 13.8. The van der Waals surface area contributed by atoms with E-state index < -0.39 is 5.82 Å². The van der Waals surface area contributed by atoms with Crippen LogP contribution in [0.2, 0.25) is 0 Å². The molecule has 0 aliphatic carbocycles. The first-order chi connectivity index (χ1) is 9.15. The number of piperazine rings is 1. The number of aromatic hydroxyl groups is 1. The van der Waals surface area contributed by atoms with Crippen LogP contribution in [0.15, 0.2) is 24.8 Å². The SMILES string of the molecule is C=CC[C@@H](c1c(C)ccc(F)c1O)N1CCNCC1.Cl.Cl. The molecule has 1 saturated heterocycles. The van der Waals surface area contributed by atoms with Gasteiger partial charge >= 0.3 is 0 Å². The lowest BCUT2D eigenvalue weighted by molar-refractivity contribution is 0.170. The van der Waals surface area contributed by atoms with Gasteiger partial charge in [-0.2, -0.15) is 0 Å². The Bertz CT molecular complexity index is 465. The second kappa shape index (κ2) is 9.26. The highest BCUT2D eigenvalue weighted by Crippen LogP contribution is 2.35. The summed E-state index contributed by atoms with van der Waals surface area (Å²) >= 11 is 0. The Labute approximate surface area is 138 Å². The summed E-state index contributed by atoms with van der Waals surface area (Å²) in [6.07, 6.45) is 2.54. The summed E-state index contributed by atoms with van der Waals surface area (Å²) in [6, 6.07) is 3.04. The predicted octanol–water partition coefficient (Wildman–Crippen LogP) is 3.21. The van der Waals surface area contributed by atoms with Gasteiger partial charge in [0.05, 0.1) is 0 Å². The Morgan fingerprint density at radius 1 is 1.38 bits per heavy atom. The number of nitrogens with zero attached hydrogens (tertiary/aromatic N) is 1. The van der Waals surface area contributed by atoms with E-state index in [1.54, 1.807) is 6.07 Å². The Morgan fingerprint density at radius 3 is 2.57 bits per heavy atom. The van der Waals surface area contributed by atoms with Crippen molar-refractivity contribution in [1.29, 1.82) is 0 Å². The molecule has 0 amide bonds. The van der Waals surface area contributed by atoms with Crippen molar-refractivity contribution in [3.63, 3.8) is 0 Å². The largest absolute Gasteiger partial charge is 0.505 e. The number of hydrogen-bond donors (Lipinski definition) is 2. The molecule has 0 saturated carbocycles. The molecule has 2 rings (SSSR count). The fraction of sp³-hybridized carbons (Fsp3) is 0.467. The summed E-state index contributed by atoms with van der Waals surface area (Å²) in [4.78, 5) is 2.28. The number of aryl methyl sites for hydroxylation is 1. The second-order valence-electron chi connectivity index (χ2n) is 4.95. The van der Waals surface area contributed by atoms with E-state index in [1.807, 2.05) is 13.0 Å². The monoisotopic (exact) mass is 336 g/mol. The van der Waals surface area contributed by atoms with Gasteiger partial charge in [-0.05, 0) is 25.0 Å². The first kappa shape index (κ1) is 20.2. The van der Waals surface area contributed by atoms with E-state index in [4.69, 9.17) is 0 Å². The summed E-state index contributed by atoms with van der Waals surface area (Å²) in [5.41, 5.74) is 1.62. The van der Waals surface area contributed by atoms with Crippen LogP contribution < -0.4 is 5.32 Å². The van der Waals surface area contributed by atoms with Crippen LogP contribution >= 0.6 is 24.8 Å². The van der Waals surface area contributed by atoms with Gasteiger partial charge in [0.2, 0.25) is 0 Å². The predicted molar refractivity (Wildman–Crippen MR) is 89.3 cm³/mol. The van der Waals surface area contributed by atoms with Gasteiger partial charge in [0.1, 0.15) is 0 Å². The summed E-state index contributed by atoms with van der Waals surface area (Å²) < 4.78 is 13.6. The Hall–Kier alpha value is -0.810. The van der Waals surface area contributed by atoms with E-state index in [0.29, 0.717) is 12.0 Å². The Balaban J connectivity index is 0.00000200. The second-order valence-corrected chi connectivity index (χ2v) is 4.95. The molecule has 0 bridgehead atoms. The maximum atomic E-state index is 13.6. The molecule has 1 fully saturated rings. The highest BCUT2D eigenvalue weighted by Gasteiger charge is 2.26. The molecule has 2 N–H and O–H groups in total. The highest BCUT2D eigenvalue weighted by molar-refractivity contribution is 5.85. The third-order valence-corrected chi connectivity index (χ3v) is 3.70. The van der Waals surface area contributed by atoms with Crippen molar-refractivity contribution in [2.45, 2.75) is 19.4 Å². The molecule has 1 aromatic rings. The molecule has 1 heterocycles. The Kier molecular flexibility index (Phi) is 8.90. The van der Waals surface area contributed by atoms with Crippen molar-refractivity contribution >= 4 is 24.8 Å². The summed E-state index contributed by atoms with van der Waals surface area (Å²) in [6.45, 7) is 9.33. The number of halogens is 3. The van der Waals surface area contributed by atoms with Crippen LogP contribution in [-0.2, 0) is 0 Å². The number of phenolic OH excluding ortho intramolecular Hbond substituents is 1. The van der Waals surface area contributed by atoms with Gasteiger partial charge in [-0.3, -0.25) is 4.90 Å². The zero-order chi connectivity index (χ0) is 13.8. The lowest BCUT2D eigenvalue weighted by Gasteiger charge is -2.35. The van der Waals surface area contributed by atoms with Crippen molar-refractivity contribution < 1.29 is 9.50 Å². The van der Waals surface area contributed by atoms with Crippen LogP contribution in [0.5, 0.6) is 5.75 Å². The van der Waals surface area contributed by atoms with E-state index >= 15 is 0 Å². The molecule has 3 nitrogen and oxygen atoms in total. The molecule has 0 unspecified atom stereocenters. The minimum absolute atomic E-state index is 0. The van der Waals surface area contributed by atoms with E-state index in [-0.39, 0.29) is 36.6 Å². The first-order valence-corrected chi connectivity index (χ1v) is 6.68. The molecule has 21 heavy (non-hydrogen) atoms. The van der Waals surface area contributed by atoms with Gasteiger partial charge in [-0.25, -0.2) is 4.39 Å². The van der Waals surface area contributed by atoms with Gasteiger partial charge < -0.3 is 10.4 Å². The number of benzene rings is 1. The van der Waals surface area contributed by atoms with Crippen LogP contribution in [0, 0.1) is 12.7 Å². The average molecular weight is 337 g/mol. The van der Waals surface area contributed by atoms with Crippen LogP contribution in [0.25, 0.3) is 0 Å². The molecule has 1 aliphatic rings. The highest BCUT2D eigenvalue weighted by atomic mass is 35.5. The van der Waals surface area contributed by atoms with E-state index in [0.717, 1.165) is 31.7 Å². The quantitative estimate of drug-likeness (QED) is 0.829. The van der Waals surface area contributed by atoms with Crippen LogP contribution in [-0.4, -0.2) is 36.2 Å². The zero-order valence-electron chi connectivity index (χ0n) is 12.1. The number of phenols is 1. The number of rotatable bonds is 4. The third kappa shape index (κ3) is 4.58. The normalized spacial score (nSPS) is 16.5. The van der Waals surface area contributed by atoms with E-state index in [1.165, 1.54) is 6.07 Å². The molecule has 0 spiro atoms. The molecule has 0 radical (unpaired) electrons. The van der Waals surface area contributed by atoms with Crippen molar-refractivity contribution in [2.24, 2.45) is 0 Å². The van der Waals surface area contributed by atoms with Crippen molar-refractivity contribution in [2.75, 3.05) is 26.2 Å². The third-order valence-electron chi connectivity index (χ3n) is 3.70. The van der Waals surface area contributed by atoms with E-state index in [2.05, 4.69) is 16.8 Å². The standard InChI is InChI=1S/C15H21FN2O.2ClH/c1-3-4-13(18-9-7-17-8-10-18)14-11(2)5-6-12(16)15(14)19;;/h3,5-6,13,17,19H,1,4,7-10H2,2H3;2*1H/t13-;;/m0../s1. The lowest BCUT2D eigenvalue weighted by Crippen LogP contribution is -2.45. The molecule has 0 aromatic heterocycles. The molecule has 6 heteroatoms. The van der Waals surface area contributed by atoms with Crippen molar-refractivity contribution in [3.8, 4) is 5.75 Å². The average Bonchev–Trinajstić information content (AvgIpc) is 2.43. The minimum Gasteiger partial charge on any atom is -0.505 e. The fourth-order valence-electron chi connectivity index (χ4n) is 2.70. The van der Waals surface area contributed by atoms with Gasteiger partial charge in [0.15, 0.2) is 11.6 Å². The number of nitrogens with one attached hydrogen (secondary N) is 1. The lowest BCUT2D eigenvalue weighted by atomic mass is 9.95. The van der Waals surface area contributed by atoms with Crippen molar-refractivity contribution in [1.82, 2.24) is 10.2 Å². The van der Waals surface area contributed by atoms with Crippen LogP contribution in [0.4, 0.5) is 4.39 Å².